The Balaban J connectivity index is 0.00000289. The number of nitrogen functional groups attached to an aromatic ring is 1. The molecular weight excluding hydrogens is 479 g/mol. The number of furan rings is 1. The van der Waals surface area contributed by atoms with Gasteiger partial charge in [0.25, 0.3) is 5.91 Å². The van der Waals surface area contributed by atoms with Gasteiger partial charge in [0, 0.05) is 21.3 Å². The number of benzene rings is 2. The molecule has 1 aliphatic heterocycles. The second-order valence-corrected chi connectivity index (χ2v) is 7.73. The van der Waals surface area contributed by atoms with Crippen LogP contribution in [-0.2, 0) is 11.3 Å². The van der Waals surface area contributed by atoms with Crippen LogP contribution in [0.3, 0.4) is 0 Å². The van der Waals surface area contributed by atoms with Gasteiger partial charge in [-0.3, -0.25) is 19.9 Å². The Kier molecular flexibility index (Phi) is 6.98. The highest BCUT2D eigenvalue weighted by molar-refractivity contribution is 6.35. The molecule has 0 bridgehead atoms. The monoisotopic (exact) mass is 494 g/mol. The van der Waals surface area contributed by atoms with Crippen molar-refractivity contribution < 1.29 is 18.8 Å². The molecular formula is C21H17Cl3N4O4. The maximum atomic E-state index is 12.6. The molecule has 166 valence electrons. The maximum absolute atomic E-state index is 12.6. The molecule has 11 heteroatoms. The summed E-state index contributed by atoms with van der Waals surface area (Å²) in [4.78, 5) is 38.5. The van der Waals surface area contributed by atoms with Crippen molar-refractivity contribution in [3.63, 3.8) is 0 Å². The summed E-state index contributed by atoms with van der Waals surface area (Å²) in [7, 11) is 0. The largest absolute Gasteiger partial charge is 0.451 e. The predicted molar refractivity (Wildman–Crippen MR) is 122 cm³/mol. The average molecular weight is 496 g/mol. The van der Waals surface area contributed by atoms with Gasteiger partial charge in [-0.05, 0) is 48.0 Å². The fourth-order valence-electron chi connectivity index (χ4n) is 3.08. The number of nitrogens with one attached hydrogen (secondary N) is 1. The van der Waals surface area contributed by atoms with Crippen LogP contribution in [0, 0.1) is 0 Å². The standard InChI is InChI=1S/C21H16Cl2N4O4.ClH/c22-14-7-13(8-15(23)9-14)17-5-6-18(31-17)20(29)25-27-11-19(28)26(21(27)30)10-12-1-3-16(24)4-2-12;/h1-9H,10-11,24H2,(H,25,29);1H. The molecule has 0 aliphatic carbocycles. The normalized spacial score (nSPS) is 13.3. The van der Waals surface area contributed by atoms with Gasteiger partial charge < -0.3 is 10.2 Å². The highest BCUT2D eigenvalue weighted by Gasteiger charge is 2.37. The van der Waals surface area contributed by atoms with E-state index in [4.69, 9.17) is 33.4 Å². The van der Waals surface area contributed by atoms with E-state index in [1.807, 2.05) is 0 Å². The Hall–Kier alpha value is -3.20. The van der Waals surface area contributed by atoms with E-state index in [2.05, 4.69) is 5.43 Å². The fraction of sp³-hybridized carbons (Fsp3) is 0.0952. The van der Waals surface area contributed by atoms with Crippen LogP contribution in [0.25, 0.3) is 11.3 Å². The van der Waals surface area contributed by atoms with Crippen LogP contribution in [0.2, 0.25) is 10.0 Å². The van der Waals surface area contributed by atoms with Crippen molar-refractivity contribution in [3.8, 4) is 11.3 Å². The van der Waals surface area contributed by atoms with Crippen molar-refractivity contribution in [1.82, 2.24) is 15.3 Å². The second-order valence-electron chi connectivity index (χ2n) is 6.85. The third-order valence-corrected chi connectivity index (χ3v) is 5.03. The summed E-state index contributed by atoms with van der Waals surface area (Å²) >= 11 is 12.0. The van der Waals surface area contributed by atoms with E-state index in [-0.39, 0.29) is 31.3 Å². The molecule has 0 unspecified atom stereocenters. The first kappa shape index (κ1) is 23.5. The zero-order valence-electron chi connectivity index (χ0n) is 16.4. The Labute approximate surface area is 199 Å². The van der Waals surface area contributed by atoms with E-state index < -0.39 is 17.8 Å². The van der Waals surface area contributed by atoms with E-state index in [1.165, 1.54) is 6.07 Å². The first-order valence-corrected chi connectivity index (χ1v) is 9.89. The SMILES string of the molecule is Cl.Nc1ccc(CN2C(=O)CN(NC(=O)c3ccc(-c4cc(Cl)cc(Cl)c4)o3)C2=O)cc1. The lowest BCUT2D eigenvalue weighted by Crippen LogP contribution is -2.44. The summed E-state index contributed by atoms with van der Waals surface area (Å²) in [6, 6.07) is 14.1. The number of hydrogen-bond acceptors (Lipinski definition) is 5. The molecule has 0 atom stereocenters. The van der Waals surface area contributed by atoms with Crippen LogP contribution in [0.15, 0.2) is 59.0 Å². The quantitative estimate of drug-likeness (QED) is 0.404. The molecule has 4 amide bonds. The van der Waals surface area contributed by atoms with Crippen molar-refractivity contribution in [1.29, 1.82) is 0 Å². The Morgan fingerprint density at radius 3 is 2.34 bits per heavy atom. The van der Waals surface area contributed by atoms with Crippen LogP contribution in [0.4, 0.5) is 10.5 Å². The highest BCUT2D eigenvalue weighted by atomic mass is 35.5. The van der Waals surface area contributed by atoms with Gasteiger partial charge in [-0.25, -0.2) is 9.80 Å². The summed E-state index contributed by atoms with van der Waals surface area (Å²) in [5.74, 6) is -0.766. The molecule has 1 aromatic heterocycles. The third-order valence-electron chi connectivity index (χ3n) is 4.59. The smallest absolute Gasteiger partial charge is 0.346 e. The number of anilines is 1. The average Bonchev–Trinajstić information content (AvgIpc) is 3.30. The van der Waals surface area contributed by atoms with Crippen molar-refractivity contribution in [2.45, 2.75) is 6.54 Å². The number of rotatable bonds is 5. The van der Waals surface area contributed by atoms with Gasteiger partial charge in [-0.2, -0.15) is 0 Å². The van der Waals surface area contributed by atoms with Gasteiger partial charge >= 0.3 is 11.9 Å². The van der Waals surface area contributed by atoms with Gasteiger partial charge in [0.1, 0.15) is 12.3 Å². The first-order valence-electron chi connectivity index (χ1n) is 9.14. The molecule has 3 aromatic rings. The molecule has 1 fully saturated rings. The molecule has 0 radical (unpaired) electrons. The van der Waals surface area contributed by atoms with Crippen molar-refractivity contribution in [2.75, 3.05) is 12.3 Å². The van der Waals surface area contributed by atoms with E-state index in [1.54, 1.807) is 48.5 Å². The molecule has 4 rings (SSSR count). The fourth-order valence-corrected chi connectivity index (χ4v) is 3.60. The summed E-state index contributed by atoms with van der Waals surface area (Å²) in [6.45, 7) is -0.207. The highest BCUT2D eigenvalue weighted by Crippen LogP contribution is 2.28. The number of nitrogens with two attached hydrogens (primary N) is 1. The number of imide groups is 1. The van der Waals surface area contributed by atoms with E-state index >= 15 is 0 Å². The molecule has 2 heterocycles. The lowest BCUT2D eigenvalue weighted by atomic mass is 10.2. The van der Waals surface area contributed by atoms with Gasteiger partial charge in [0.15, 0.2) is 5.76 Å². The first-order chi connectivity index (χ1) is 14.8. The van der Waals surface area contributed by atoms with Gasteiger partial charge in [0.05, 0.1) is 6.54 Å². The molecule has 8 nitrogen and oxygen atoms in total. The van der Waals surface area contributed by atoms with Crippen molar-refractivity contribution in [3.05, 3.63) is 76.0 Å². The van der Waals surface area contributed by atoms with Crippen LogP contribution in [0.5, 0.6) is 0 Å². The summed E-state index contributed by atoms with van der Waals surface area (Å²) in [6.07, 6.45) is 0. The number of hydrogen-bond donors (Lipinski definition) is 2. The maximum Gasteiger partial charge on any atom is 0.346 e. The van der Waals surface area contributed by atoms with E-state index in [0.717, 1.165) is 15.5 Å². The topological polar surface area (TPSA) is 109 Å². The zero-order chi connectivity index (χ0) is 22.1. The third kappa shape index (κ3) is 4.99. The number of nitrogens with zero attached hydrogens (tertiary/aromatic N) is 2. The van der Waals surface area contributed by atoms with Crippen LogP contribution >= 0.6 is 35.6 Å². The summed E-state index contributed by atoms with van der Waals surface area (Å²) < 4.78 is 5.57. The number of hydrazine groups is 1. The van der Waals surface area contributed by atoms with E-state index in [9.17, 15) is 14.4 Å². The number of carbonyl (C=O) groups is 3. The van der Waals surface area contributed by atoms with Gasteiger partial charge in [0.2, 0.25) is 0 Å². The number of amides is 4. The summed E-state index contributed by atoms with van der Waals surface area (Å²) in [5.41, 5.74) is 9.96. The number of urea groups is 1. The predicted octanol–water partition coefficient (Wildman–Crippen LogP) is 4.37. The Morgan fingerprint density at radius 2 is 1.69 bits per heavy atom. The molecule has 0 saturated carbocycles. The molecule has 32 heavy (non-hydrogen) atoms. The van der Waals surface area contributed by atoms with Crippen LogP contribution in [-0.4, -0.2) is 34.3 Å². The van der Waals surface area contributed by atoms with Crippen LogP contribution in [0.1, 0.15) is 16.1 Å². The Morgan fingerprint density at radius 1 is 1.03 bits per heavy atom. The van der Waals surface area contributed by atoms with Crippen molar-refractivity contribution in [2.24, 2.45) is 0 Å². The lowest BCUT2D eigenvalue weighted by molar-refractivity contribution is -0.125. The minimum absolute atomic E-state index is 0. The van der Waals surface area contributed by atoms with Crippen molar-refractivity contribution >= 4 is 59.1 Å². The zero-order valence-corrected chi connectivity index (χ0v) is 18.7. The minimum Gasteiger partial charge on any atom is -0.451 e. The second kappa shape index (κ2) is 9.52. The number of halogens is 3. The number of carbonyl (C=O) groups excluding carboxylic acids is 3. The molecule has 2 aromatic carbocycles. The summed E-state index contributed by atoms with van der Waals surface area (Å²) in [5, 5.41) is 1.79. The van der Waals surface area contributed by atoms with E-state index in [0.29, 0.717) is 27.1 Å². The lowest BCUT2D eigenvalue weighted by Gasteiger charge is -2.17. The Bertz CT molecular complexity index is 1160. The molecule has 0 spiro atoms. The molecule has 3 N–H and O–H groups in total. The molecule has 1 saturated heterocycles. The minimum atomic E-state index is -0.671. The molecule has 1 aliphatic rings. The van der Waals surface area contributed by atoms with Crippen LogP contribution < -0.4 is 11.2 Å². The van der Waals surface area contributed by atoms with Gasteiger partial charge in [-0.1, -0.05) is 35.3 Å². The van der Waals surface area contributed by atoms with Gasteiger partial charge in [-0.15, -0.1) is 12.4 Å².